The smallest absolute Gasteiger partial charge is 0.307 e. The van der Waals surface area contributed by atoms with Crippen LogP contribution in [0, 0.1) is 17.7 Å². The van der Waals surface area contributed by atoms with Gasteiger partial charge in [0.05, 0.1) is 16.3 Å². The number of rotatable bonds is 3. The summed E-state index contributed by atoms with van der Waals surface area (Å²) in [5.41, 5.74) is 0.456. The van der Waals surface area contributed by atoms with Crippen molar-refractivity contribution in [2.45, 2.75) is 25.7 Å². The van der Waals surface area contributed by atoms with Gasteiger partial charge in [0.1, 0.15) is 5.82 Å². The number of benzene rings is 1. The normalized spacial score (nSPS) is 22.3. The van der Waals surface area contributed by atoms with Crippen molar-refractivity contribution < 1.29 is 19.1 Å². The van der Waals surface area contributed by atoms with Gasteiger partial charge in [0.2, 0.25) is 5.91 Å². The topological polar surface area (TPSA) is 66.4 Å². The second-order valence-corrected chi connectivity index (χ2v) is 5.81. The summed E-state index contributed by atoms with van der Waals surface area (Å²) >= 11 is 3.05. The van der Waals surface area contributed by atoms with Gasteiger partial charge in [0.15, 0.2) is 0 Å². The zero-order chi connectivity index (χ0) is 14.7. The average molecular weight is 344 g/mol. The Bertz CT molecular complexity index is 535. The van der Waals surface area contributed by atoms with Crippen LogP contribution in [0.15, 0.2) is 22.7 Å². The highest BCUT2D eigenvalue weighted by Crippen LogP contribution is 2.31. The van der Waals surface area contributed by atoms with E-state index >= 15 is 0 Å². The van der Waals surface area contributed by atoms with Crippen molar-refractivity contribution in [2.75, 3.05) is 5.32 Å². The van der Waals surface area contributed by atoms with Gasteiger partial charge >= 0.3 is 5.97 Å². The summed E-state index contributed by atoms with van der Waals surface area (Å²) in [7, 11) is 0. The molecule has 20 heavy (non-hydrogen) atoms. The maximum absolute atomic E-state index is 13.1. The molecule has 108 valence electrons. The van der Waals surface area contributed by atoms with E-state index in [1.165, 1.54) is 18.2 Å². The number of carbonyl (C=O) groups excluding carboxylic acids is 1. The second-order valence-electron chi connectivity index (χ2n) is 4.95. The molecule has 1 aliphatic carbocycles. The number of hydrogen-bond donors (Lipinski definition) is 2. The molecule has 1 fully saturated rings. The molecule has 4 nitrogen and oxygen atoms in total. The number of halogens is 2. The summed E-state index contributed by atoms with van der Waals surface area (Å²) < 4.78 is 13.4. The number of anilines is 1. The molecule has 1 amide bonds. The molecule has 1 aromatic carbocycles. The first-order valence-electron chi connectivity index (χ1n) is 6.48. The molecule has 0 aromatic heterocycles. The molecule has 1 aromatic rings. The Morgan fingerprint density at radius 2 is 1.90 bits per heavy atom. The molecule has 2 atom stereocenters. The monoisotopic (exact) mass is 343 g/mol. The summed E-state index contributed by atoms with van der Waals surface area (Å²) in [6.45, 7) is 0. The largest absolute Gasteiger partial charge is 0.481 e. The molecule has 0 heterocycles. The van der Waals surface area contributed by atoms with E-state index in [1.807, 2.05) is 0 Å². The van der Waals surface area contributed by atoms with E-state index in [9.17, 15) is 14.0 Å². The van der Waals surface area contributed by atoms with Gasteiger partial charge in [-0.25, -0.2) is 4.39 Å². The highest BCUT2D eigenvalue weighted by atomic mass is 79.9. The molecule has 0 saturated heterocycles. The Hall–Kier alpha value is -1.43. The van der Waals surface area contributed by atoms with Gasteiger partial charge in [-0.05, 0) is 47.0 Å². The molecular weight excluding hydrogens is 329 g/mol. The number of hydrogen-bond acceptors (Lipinski definition) is 2. The third-order valence-corrected chi connectivity index (χ3v) is 4.21. The summed E-state index contributed by atoms with van der Waals surface area (Å²) in [5.74, 6) is -2.80. The van der Waals surface area contributed by atoms with Crippen molar-refractivity contribution >= 4 is 33.5 Å². The lowest BCUT2D eigenvalue weighted by atomic mass is 9.78. The number of amides is 1. The first kappa shape index (κ1) is 15.0. The number of aliphatic carboxylic acids is 1. The van der Waals surface area contributed by atoms with Gasteiger partial charge in [-0.15, -0.1) is 0 Å². The van der Waals surface area contributed by atoms with Gasteiger partial charge in [-0.3, -0.25) is 9.59 Å². The summed E-state index contributed by atoms with van der Waals surface area (Å²) in [6.07, 6.45) is 2.80. The fraction of sp³-hybridized carbons (Fsp3) is 0.429. The first-order valence-corrected chi connectivity index (χ1v) is 7.27. The second kappa shape index (κ2) is 6.35. The maximum atomic E-state index is 13.1. The minimum atomic E-state index is -0.926. The summed E-state index contributed by atoms with van der Waals surface area (Å²) in [5, 5.41) is 11.8. The van der Waals surface area contributed by atoms with Gasteiger partial charge < -0.3 is 10.4 Å². The fourth-order valence-corrected chi connectivity index (χ4v) is 2.93. The third-order valence-electron chi connectivity index (χ3n) is 3.61. The zero-order valence-corrected chi connectivity index (χ0v) is 12.3. The van der Waals surface area contributed by atoms with Crippen molar-refractivity contribution in [2.24, 2.45) is 11.8 Å². The first-order chi connectivity index (χ1) is 9.49. The minimum absolute atomic E-state index is 0.258. The van der Waals surface area contributed by atoms with Crippen LogP contribution in [0.4, 0.5) is 10.1 Å². The van der Waals surface area contributed by atoms with Gasteiger partial charge in [0.25, 0.3) is 0 Å². The highest BCUT2D eigenvalue weighted by Gasteiger charge is 2.35. The van der Waals surface area contributed by atoms with Crippen LogP contribution in [-0.4, -0.2) is 17.0 Å². The van der Waals surface area contributed by atoms with E-state index in [-0.39, 0.29) is 10.4 Å². The molecule has 0 spiro atoms. The Kier molecular flexibility index (Phi) is 4.75. The quantitative estimate of drug-likeness (QED) is 0.883. The molecule has 1 saturated carbocycles. The lowest BCUT2D eigenvalue weighted by molar-refractivity contribution is -0.147. The van der Waals surface area contributed by atoms with E-state index in [2.05, 4.69) is 21.2 Å². The maximum Gasteiger partial charge on any atom is 0.307 e. The van der Waals surface area contributed by atoms with Gasteiger partial charge in [-0.1, -0.05) is 12.8 Å². The fourth-order valence-electron chi connectivity index (χ4n) is 2.55. The standard InChI is InChI=1S/C14H15BrFNO3/c15-11-7-8(5-6-12(11)16)17-13(18)9-3-1-2-4-10(9)14(19)20/h5-7,9-10H,1-4H2,(H,17,18)(H,19,20). The van der Waals surface area contributed by atoms with Crippen LogP contribution >= 0.6 is 15.9 Å². The summed E-state index contributed by atoms with van der Waals surface area (Å²) in [6, 6.07) is 4.16. The van der Waals surface area contributed by atoms with Crippen LogP contribution in [0.2, 0.25) is 0 Å². The molecule has 2 rings (SSSR count). The Labute approximate surface area is 124 Å². The Balaban J connectivity index is 2.09. The number of carboxylic acids is 1. The minimum Gasteiger partial charge on any atom is -0.481 e. The molecule has 2 unspecified atom stereocenters. The van der Waals surface area contributed by atoms with E-state index in [4.69, 9.17) is 5.11 Å². The van der Waals surface area contributed by atoms with Crippen LogP contribution in [0.25, 0.3) is 0 Å². The lowest BCUT2D eigenvalue weighted by Crippen LogP contribution is -2.36. The van der Waals surface area contributed by atoms with Crippen LogP contribution in [0.3, 0.4) is 0 Å². The van der Waals surface area contributed by atoms with E-state index in [0.29, 0.717) is 18.5 Å². The van der Waals surface area contributed by atoms with Crippen LogP contribution < -0.4 is 5.32 Å². The molecule has 0 bridgehead atoms. The molecular formula is C14H15BrFNO3. The zero-order valence-electron chi connectivity index (χ0n) is 10.7. The van der Waals surface area contributed by atoms with Crippen molar-refractivity contribution in [1.82, 2.24) is 0 Å². The van der Waals surface area contributed by atoms with E-state index < -0.39 is 23.6 Å². The molecule has 1 aliphatic rings. The van der Waals surface area contributed by atoms with Gasteiger partial charge in [0, 0.05) is 5.69 Å². The highest BCUT2D eigenvalue weighted by molar-refractivity contribution is 9.10. The Morgan fingerprint density at radius 1 is 1.25 bits per heavy atom. The van der Waals surface area contributed by atoms with Crippen molar-refractivity contribution in [1.29, 1.82) is 0 Å². The molecule has 2 N–H and O–H groups in total. The average Bonchev–Trinajstić information content (AvgIpc) is 2.43. The van der Waals surface area contributed by atoms with Crippen LogP contribution in [-0.2, 0) is 9.59 Å². The van der Waals surface area contributed by atoms with Crippen molar-refractivity contribution in [3.63, 3.8) is 0 Å². The molecule has 0 aliphatic heterocycles. The predicted molar refractivity (Wildman–Crippen MR) is 75.8 cm³/mol. The Morgan fingerprint density at radius 3 is 2.50 bits per heavy atom. The lowest BCUT2D eigenvalue weighted by Gasteiger charge is -2.27. The van der Waals surface area contributed by atoms with Crippen molar-refractivity contribution in [3.8, 4) is 0 Å². The predicted octanol–water partition coefficient (Wildman–Crippen LogP) is 3.42. The SMILES string of the molecule is O=C(O)C1CCCCC1C(=O)Nc1ccc(F)c(Br)c1. The third kappa shape index (κ3) is 3.36. The molecule has 0 radical (unpaired) electrons. The van der Waals surface area contributed by atoms with Crippen molar-refractivity contribution in [3.05, 3.63) is 28.5 Å². The number of nitrogens with one attached hydrogen (secondary N) is 1. The van der Waals surface area contributed by atoms with E-state index in [1.54, 1.807) is 0 Å². The number of carbonyl (C=O) groups is 2. The van der Waals surface area contributed by atoms with Gasteiger partial charge in [-0.2, -0.15) is 0 Å². The van der Waals surface area contributed by atoms with Crippen LogP contribution in [0.1, 0.15) is 25.7 Å². The van der Waals surface area contributed by atoms with Crippen LogP contribution in [0.5, 0.6) is 0 Å². The van der Waals surface area contributed by atoms with E-state index in [0.717, 1.165) is 12.8 Å². The molecule has 6 heteroatoms. The summed E-state index contributed by atoms with van der Waals surface area (Å²) in [4.78, 5) is 23.4. The number of carboxylic acid groups (broad SMARTS) is 1.